The fourth-order valence-corrected chi connectivity index (χ4v) is 3.59. The first-order valence-corrected chi connectivity index (χ1v) is 11.8. The van der Waals surface area contributed by atoms with Crippen LogP contribution in [0.2, 0.25) is 0 Å². The summed E-state index contributed by atoms with van der Waals surface area (Å²) in [6.07, 6.45) is 12.9. The molecule has 0 saturated heterocycles. The molecule has 7 nitrogen and oxygen atoms in total. The maximum Gasteiger partial charge on any atom is 0.404 e. The zero-order valence-corrected chi connectivity index (χ0v) is 18.8. The Morgan fingerprint density at radius 2 is 1.71 bits per heavy atom. The Morgan fingerprint density at radius 3 is 2.39 bits per heavy atom. The van der Waals surface area contributed by atoms with E-state index in [1.54, 1.807) is 0 Å². The third-order valence-corrected chi connectivity index (χ3v) is 5.51. The first-order valence-electron chi connectivity index (χ1n) is 11.8. The molecule has 0 saturated carbocycles. The Hall–Kier alpha value is -2.41. The molecule has 0 aliphatic heterocycles. The smallest absolute Gasteiger partial charge is 0.404 e. The minimum absolute atomic E-state index is 0.340. The normalized spacial score (nSPS) is 12.1. The van der Waals surface area contributed by atoms with Crippen molar-refractivity contribution in [3.05, 3.63) is 35.7 Å². The number of nitrogens with two attached hydrogens (primary N) is 1. The lowest BCUT2D eigenvalue weighted by atomic mass is 10.0. The molecule has 4 N–H and O–H groups in total. The molecule has 172 valence electrons. The van der Waals surface area contributed by atoms with Crippen LogP contribution in [0.1, 0.15) is 95.0 Å². The number of nitrogens with one attached hydrogen (secondary N) is 1. The summed E-state index contributed by atoms with van der Waals surface area (Å²) < 4.78 is 5.34. The van der Waals surface area contributed by atoms with Crippen LogP contribution in [0.5, 0.6) is 0 Å². The summed E-state index contributed by atoms with van der Waals surface area (Å²) in [7, 11) is 0. The van der Waals surface area contributed by atoms with Crippen molar-refractivity contribution in [2.24, 2.45) is 5.73 Å². The molecule has 2 rings (SSSR count). The second-order valence-electron chi connectivity index (χ2n) is 8.21. The molecule has 0 bridgehead atoms. The van der Waals surface area contributed by atoms with Gasteiger partial charge in [0, 0.05) is 12.1 Å². The first kappa shape index (κ1) is 24.9. The van der Waals surface area contributed by atoms with Gasteiger partial charge < -0.3 is 20.7 Å². The minimum atomic E-state index is -1.00. The van der Waals surface area contributed by atoms with E-state index in [0.29, 0.717) is 24.7 Å². The van der Waals surface area contributed by atoms with Gasteiger partial charge in [0.15, 0.2) is 0 Å². The van der Waals surface area contributed by atoms with Crippen LogP contribution in [-0.4, -0.2) is 27.9 Å². The van der Waals surface area contributed by atoms with E-state index >= 15 is 0 Å². The van der Waals surface area contributed by atoms with E-state index in [-0.39, 0.29) is 6.04 Å². The van der Waals surface area contributed by atoms with Crippen molar-refractivity contribution in [2.45, 2.75) is 90.0 Å². The van der Waals surface area contributed by atoms with E-state index in [0.717, 1.165) is 24.8 Å². The van der Waals surface area contributed by atoms with Crippen LogP contribution in [0.15, 0.2) is 28.8 Å². The molecular weight excluding hydrogens is 392 g/mol. The molecule has 0 aliphatic carbocycles. The highest BCUT2D eigenvalue weighted by Crippen LogP contribution is 2.21. The topological polar surface area (TPSA) is 114 Å². The maximum atomic E-state index is 10.4. The molecular formula is C24H38N4O3. The lowest BCUT2D eigenvalue weighted by Gasteiger charge is -2.06. The molecule has 0 radical (unpaired) electrons. The van der Waals surface area contributed by atoms with Gasteiger partial charge in [-0.2, -0.15) is 4.98 Å². The summed E-state index contributed by atoms with van der Waals surface area (Å²) in [5.41, 5.74) is 8.39. The fraction of sp³-hybridized carbons (Fsp3) is 0.625. The Labute approximate surface area is 185 Å². The van der Waals surface area contributed by atoms with Crippen LogP contribution in [0.4, 0.5) is 4.79 Å². The van der Waals surface area contributed by atoms with E-state index in [2.05, 4.69) is 34.5 Å². The van der Waals surface area contributed by atoms with Crippen LogP contribution in [0, 0.1) is 0 Å². The van der Waals surface area contributed by atoms with Gasteiger partial charge in [0.25, 0.3) is 0 Å². The lowest BCUT2D eigenvalue weighted by Crippen LogP contribution is -2.22. The summed E-state index contributed by atoms with van der Waals surface area (Å²) in [5.74, 6) is 0.973. The van der Waals surface area contributed by atoms with Crippen LogP contribution in [0.25, 0.3) is 11.4 Å². The van der Waals surface area contributed by atoms with Gasteiger partial charge in [-0.15, -0.1) is 0 Å². The van der Waals surface area contributed by atoms with Gasteiger partial charge in [0.05, 0.1) is 6.04 Å². The molecule has 1 unspecified atom stereocenters. The number of hydrogen-bond acceptors (Lipinski definition) is 5. The van der Waals surface area contributed by atoms with Gasteiger partial charge in [-0.3, -0.25) is 0 Å². The van der Waals surface area contributed by atoms with Crippen molar-refractivity contribution in [1.29, 1.82) is 0 Å². The number of carbonyl (C=O) groups is 1. The molecule has 2 aromatic rings. The Kier molecular flexibility index (Phi) is 11.7. The van der Waals surface area contributed by atoms with Crippen molar-refractivity contribution in [1.82, 2.24) is 15.5 Å². The van der Waals surface area contributed by atoms with Crippen molar-refractivity contribution in [2.75, 3.05) is 6.54 Å². The second-order valence-corrected chi connectivity index (χ2v) is 8.21. The molecule has 31 heavy (non-hydrogen) atoms. The number of benzene rings is 1. The SMILES string of the molecule is CCCCCCCCCCc1ccc(-c2noc(C(N)CCCCNC(=O)O)n2)cc1. The van der Waals surface area contributed by atoms with E-state index < -0.39 is 6.09 Å². The average Bonchev–Trinajstić information content (AvgIpc) is 3.26. The van der Waals surface area contributed by atoms with Crippen molar-refractivity contribution in [3.8, 4) is 11.4 Å². The third-order valence-electron chi connectivity index (χ3n) is 5.51. The van der Waals surface area contributed by atoms with Gasteiger partial charge in [0.1, 0.15) is 0 Å². The van der Waals surface area contributed by atoms with Gasteiger partial charge >= 0.3 is 6.09 Å². The standard InChI is InChI=1S/C24H38N4O3/c1-2-3-4-5-6-7-8-9-12-19-14-16-20(17-15-19)22-27-23(31-28-22)21(25)13-10-11-18-26-24(29)30/h14-17,21,26H,2-13,18,25H2,1H3,(H,29,30). The van der Waals surface area contributed by atoms with E-state index in [1.807, 2.05) is 12.1 Å². The quantitative estimate of drug-likeness (QED) is 0.287. The average molecular weight is 431 g/mol. The predicted molar refractivity (Wildman–Crippen MR) is 123 cm³/mol. The van der Waals surface area contributed by atoms with Gasteiger partial charge in [0.2, 0.25) is 11.7 Å². The van der Waals surface area contributed by atoms with Crippen LogP contribution in [-0.2, 0) is 6.42 Å². The monoisotopic (exact) mass is 430 g/mol. The number of nitrogens with zero attached hydrogens (tertiary/aromatic N) is 2. The summed E-state index contributed by atoms with van der Waals surface area (Å²) in [6.45, 7) is 2.67. The zero-order valence-electron chi connectivity index (χ0n) is 18.8. The number of aromatic nitrogens is 2. The molecule has 0 spiro atoms. The molecule has 1 amide bonds. The lowest BCUT2D eigenvalue weighted by molar-refractivity contribution is 0.194. The number of carboxylic acid groups (broad SMARTS) is 1. The molecule has 0 aliphatic rings. The van der Waals surface area contributed by atoms with Crippen LogP contribution in [0.3, 0.4) is 0 Å². The zero-order chi connectivity index (χ0) is 22.3. The third kappa shape index (κ3) is 9.96. The summed E-state index contributed by atoms with van der Waals surface area (Å²) in [6, 6.07) is 8.02. The molecule has 0 fully saturated rings. The highest BCUT2D eigenvalue weighted by atomic mass is 16.5. The molecule has 1 heterocycles. The number of rotatable bonds is 16. The van der Waals surface area contributed by atoms with Crippen molar-refractivity contribution < 1.29 is 14.4 Å². The van der Waals surface area contributed by atoms with Gasteiger partial charge in [-0.05, 0) is 37.7 Å². The molecule has 1 aromatic carbocycles. The maximum absolute atomic E-state index is 10.4. The number of aryl methyl sites for hydroxylation is 1. The molecule has 1 atom stereocenters. The summed E-state index contributed by atoms with van der Waals surface area (Å²) in [4.78, 5) is 14.9. The van der Waals surface area contributed by atoms with Crippen LogP contribution >= 0.6 is 0 Å². The second kappa shape index (κ2) is 14.6. The molecule has 7 heteroatoms. The number of amides is 1. The highest BCUT2D eigenvalue weighted by molar-refractivity contribution is 5.64. The number of hydrogen-bond donors (Lipinski definition) is 3. The number of unbranched alkanes of at least 4 members (excludes halogenated alkanes) is 8. The summed E-state index contributed by atoms with van der Waals surface area (Å²) in [5, 5.41) is 15.0. The predicted octanol–water partition coefficient (Wildman–Crippen LogP) is 5.86. The first-order chi connectivity index (χ1) is 15.1. The van der Waals surface area contributed by atoms with Crippen LogP contribution < -0.4 is 11.1 Å². The van der Waals surface area contributed by atoms with Gasteiger partial charge in [-0.1, -0.05) is 81.3 Å². The summed E-state index contributed by atoms with van der Waals surface area (Å²) >= 11 is 0. The van der Waals surface area contributed by atoms with E-state index in [4.69, 9.17) is 15.4 Å². The largest absolute Gasteiger partial charge is 0.465 e. The van der Waals surface area contributed by atoms with Gasteiger partial charge in [-0.25, -0.2) is 4.79 Å². The highest BCUT2D eigenvalue weighted by Gasteiger charge is 2.15. The Balaban J connectivity index is 1.69. The Bertz CT molecular complexity index is 746. The van der Waals surface area contributed by atoms with Crippen molar-refractivity contribution >= 4 is 6.09 Å². The fourth-order valence-electron chi connectivity index (χ4n) is 3.59. The molecule has 1 aromatic heterocycles. The van der Waals surface area contributed by atoms with E-state index in [1.165, 1.54) is 56.9 Å². The minimum Gasteiger partial charge on any atom is -0.465 e. The van der Waals surface area contributed by atoms with Crippen molar-refractivity contribution in [3.63, 3.8) is 0 Å². The van der Waals surface area contributed by atoms with E-state index in [9.17, 15) is 4.79 Å². The Morgan fingerprint density at radius 1 is 1.03 bits per heavy atom.